The molecule has 0 saturated carbocycles. The third-order valence-corrected chi connectivity index (χ3v) is 4.56. The highest BCUT2D eigenvalue weighted by Gasteiger charge is 2.41. The standard InChI is InChI=1S/C8H16N2O2S/c1-13(11,12)10-4-2-8(3-5-10)6-9-7-8/h9H,2-7H2,1H3. The van der Waals surface area contributed by atoms with Crippen LogP contribution in [0.5, 0.6) is 0 Å². The quantitative estimate of drug-likeness (QED) is 0.634. The van der Waals surface area contributed by atoms with E-state index in [1.165, 1.54) is 6.26 Å². The van der Waals surface area contributed by atoms with Gasteiger partial charge in [0, 0.05) is 26.2 Å². The van der Waals surface area contributed by atoms with Gasteiger partial charge < -0.3 is 5.32 Å². The first-order chi connectivity index (χ1) is 6.02. The van der Waals surface area contributed by atoms with Gasteiger partial charge in [0.2, 0.25) is 10.0 Å². The number of rotatable bonds is 1. The number of hydrogen-bond donors (Lipinski definition) is 1. The lowest BCUT2D eigenvalue weighted by molar-refractivity contribution is 0.0873. The van der Waals surface area contributed by atoms with Crippen molar-refractivity contribution in [2.45, 2.75) is 12.8 Å². The van der Waals surface area contributed by atoms with Crippen molar-refractivity contribution in [1.82, 2.24) is 9.62 Å². The summed E-state index contributed by atoms with van der Waals surface area (Å²) in [4.78, 5) is 0. The van der Waals surface area contributed by atoms with Gasteiger partial charge in [-0.15, -0.1) is 0 Å². The van der Waals surface area contributed by atoms with Gasteiger partial charge in [-0.2, -0.15) is 0 Å². The lowest BCUT2D eigenvalue weighted by atomic mass is 9.74. The number of piperidine rings is 1. The van der Waals surface area contributed by atoms with E-state index in [-0.39, 0.29) is 0 Å². The largest absolute Gasteiger partial charge is 0.316 e. The third-order valence-electron chi connectivity index (χ3n) is 3.25. The lowest BCUT2D eigenvalue weighted by Crippen LogP contribution is -2.58. The average Bonchev–Trinajstić information content (AvgIpc) is 2.00. The maximum Gasteiger partial charge on any atom is 0.211 e. The highest BCUT2D eigenvalue weighted by atomic mass is 32.2. The van der Waals surface area contributed by atoms with Gasteiger partial charge in [0.1, 0.15) is 0 Å². The molecule has 2 saturated heterocycles. The first-order valence-electron chi connectivity index (χ1n) is 4.68. The van der Waals surface area contributed by atoms with E-state index in [0.29, 0.717) is 18.5 Å². The van der Waals surface area contributed by atoms with E-state index in [2.05, 4.69) is 5.32 Å². The number of sulfonamides is 1. The van der Waals surface area contributed by atoms with Crippen LogP contribution in [0.25, 0.3) is 0 Å². The second-order valence-corrected chi connectivity index (χ2v) is 6.25. The van der Waals surface area contributed by atoms with E-state index in [4.69, 9.17) is 0 Å². The summed E-state index contributed by atoms with van der Waals surface area (Å²) in [5.74, 6) is 0. The van der Waals surface area contributed by atoms with Crippen LogP contribution in [0.2, 0.25) is 0 Å². The van der Waals surface area contributed by atoms with Crippen LogP contribution in [0.1, 0.15) is 12.8 Å². The molecular formula is C8H16N2O2S. The first-order valence-corrected chi connectivity index (χ1v) is 6.53. The Morgan fingerprint density at radius 2 is 1.77 bits per heavy atom. The van der Waals surface area contributed by atoms with E-state index < -0.39 is 10.0 Å². The molecule has 0 aromatic heterocycles. The van der Waals surface area contributed by atoms with E-state index in [0.717, 1.165) is 25.9 Å². The Hall–Kier alpha value is -0.130. The van der Waals surface area contributed by atoms with Crippen molar-refractivity contribution in [3.05, 3.63) is 0 Å². The van der Waals surface area contributed by atoms with Gasteiger partial charge in [0.05, 0.1) is 6.26 Å². The first kappa shape index (κ1) is 9.43. The Kier molecular flexibility index (Phi) is 2.13. The minimum Gasteiger partial charge on any atom is -0.316 e. The zero-order chi connectivity index (χ0) is 9.53. The van der Waals surface area contributed by atoms with E-state index >= 15 is 0 Å². The molecule has 0 atom stereocenters. The Labute approximate surface area is 79.4 Å². The van der Waals surface area contributed by atoms with Crippen molar-refractivity contribution >= 4 is 10.0 Å². The van der Waals surface area contributed by atoms with Crippen LogP contribution in [0.4, 0.5) is 0 Å². The molecule has 0 unspecified atom stereocenters. The molecule has 0 bridgehead atoms. The Morgan fingerprint density at radius 3 is 2.08 bits per heavy atom. The van der Waals surface area contributed by atoms with Crippen molar-refractivity contribution in [2.75, 3.05) is 32.4 Å². The van der Waals surface area contributed by atoms with Crippen molar-refractivity contribution in [1.29, 1.82) is 0 Å². The van der Waals surface area contributed by atoms with Gasteiger partial charge in [0.25, 0.3) is 0 Å². The fraction of sp³-hybridized carbons (Fsp3) is 1.00. The molecule has 0 aromatic rings. The van der Waals surface area contributed by atoms with E-state index in [1.54, 1.807) is 4.31 Å². The van der Waals surface area contributed by atoms with E-state index in [9.17, 15) is 8.42 Å². The van der Waals surface area contributed by atoms with Crippen LogP contribution in [-0.4, -0.2) is 45.2 Å². The summed E-state index contributed by atoms with van der Waals surface area (Å²) in [5, 5.41) is 3.26. The smallest absolute Gasteiger partial charge is 0.211 e. The van der Waals surface area contributed by atoms with Gasteiger partial charge in [0.15, 0.2) is 0 Å². The molecule has 2 heterocycles. The topological polar surface area (TPSA) is 49.4 Å². The summed E-state index contributed by atoms with van der Waals surface area (Å²) in [7, 11) is -2.95. The molecule has 2 aliphatic heterocycles. The normalized spacial score (nSPS) is 28.7. The number of nitrogens with one attached hydrogen (secondary N) is 1. The Bertz CT molecular complexity index is 285. The van der Waals surface area contributed by atoms with Crippen molar-refractivity contribution < 1.29 is 8.42 Å². The molecule has 0 aromatic carbocycles. The van der Waals surface area contributed by atoms with Crippen LogP contribution in [0.3, 0.4) is 0 Å². The summed E-state index contributed by atoms with van der Waals surface area (Å²) < 4.78 is 24.0. The zero-order valence-electron chi connectivity index (χ0n) is 7.91. The predicted molar refractivity (Wildman–Crippen MR) is 51.0 cm³/mol. The van der Waals surface area contributed by atoms with Crippen LogP contribution in [-0.2, 0) is 10.0 Å². The molecule has 1 spiro atoms. The molecule has 2 fully saturated rings. The lowest BCUT2D eigenvalue weighted by Gasteiger charge is -2.47. The molecule has 2 rings (SSSR count). The van der Waals surface area contributed by atoms with Crippen LogP contribution in [0, 0.1) is 5.41 Å². The maximum atomic E-state index is 11.2. The molecule has 2 aliphatic rings. The van der Waals surface area contributed by atoms with Gasteiger partial charge in [-0.25, -0.2) is 12.7 Å². The van der Waals surface area contributed by atoms with Crippen molar-refractivity contribution in [2.24, 2.45) is 5.41 Å². The molecule has 0 aliphatic carbocycles. The second kappa shape index (κ2) is 2.93. The summed E-state index contributed by atoms with van der Waals surface area (Å²) in [6.45, 7) is 3.57. The average molecular weight is 204 g/mol. The van der Waals surface area contributed by atoms with Crippen LogP contribution >= 0.6 is 0 Å². The van der Waals surface area contributed by atoms with Gasteiger partial charge in [-0.05, 0) is 18.3 Å². The fourth-order valence-corrected chi connectivity index (χ4v) is 2.97. The van der Waals surface area contributed by atoms with Gasteiger partial charge >= 0.3 is 0 Å². The molecule has 0 amide bonds. The molecule has 13 heavy (non-hydrogen) atoms. The van der Waals surface area contributed by atoms with Crippen LogP contribution in [0.15, 0.2) is 0 Å². The maximum absolute atomic E-state index is 11.2. The summed E-state index contributed by atoms with van der Waals surface area (Å²) in [6.07, 6.45) is 3.34. The number of hydrogen-bond acceptors (Lipinski definition) is 3. The minimum absolute atomic E-state index is 0.432. The van der Waals surface area contributed by atoms with E-state index in [1.807, 2.05) is 0 Å². The fourth-order valence-electron chi connectivity index (χ4n) is 2.12. The SMILES string of the molecule is CS(=O)(=O)N1CCC2(CC1)CNC2. The molecule has 76 valence electrons. The number of nitrogens with zero attached hydrogens (tertiary/aromatic N) is 1. The minimum atomic E-state index is -2.95. The molecule has 5 heteroatoms. The monoisotopic (exact) mass is 204 g/mol. The third kappa shape index (κ3) is 1.73. The molecule has 4 nitrogen and oxygen atoms in total. The summed E-state index contributed by atoms with van der Waals surface area (Å²) >= 11 is 0. The van der Waals surface area contributed by atoms with Crippen LogP contribution < -0.4 is 5.32 Å². The van der Waals surface area contributed by atoms with Crippen molar-refractivity contribution in [3.63, 3.8) is 0 Å². The molecule has 1 N–H and O–H groups in total. The van der Waals surface area contributed by atoms with Gasteiger partial charge in [-0.1, -0.05) is 0 Å². The Balaban J connectivity index is 1.96. The highest BCUT2D eigenvalue weighted by molar-refractivity contribution is 7.88. The second-order valence-electron chi connectivity index (χ2n) is 4.27. The summed E-state index contributed by atoms with van der Waals surface area (Å²) in [5.41, 5.74) is 0.432. The van der Waals surface area contributed by atoms with Crippen molar-refractivity contribution in [3.8, 4) is 0 Å². The Morgan fingerprint density at radius 1 is 1.23 bits per heavy atom. The summed E-state index contributed by atoms with van der Waals surface area (Å²) in [6, 6.07) is 0. The zero-order valence-corrected chi connectivity index (χ0v) is 8.73. The van der Waals surface area contributed by atoms with Gasteiger partial charge in [-0.3, -0.25) is 0 Å². The predicted octanol–water partition coefficient (Wildman–Crippen LogP) is -0.369. The molecule has 0 radical (unpaired) electrons. The molecular weight excluding hydrogens is 188 g/mol. The highest BCUT2D eigenvalue weighted by Crippen LogP contribution is 2.35.